The second-order valence-electron chi connectivity index (χ2n) is 8.89. The van der Waals surface area contributed by atoms with Crippen LogP contribution in [0.2, 0.25) is 0 Å². The molecule has 0 radical (unpaired) electrons. The lowest BCUT2D eigenvalue weighted by Gasteiger charge is -2.28. The molecule has 0 spiro atoms. The van der Waals surface area contributed by atoms with Crippen molar-refractivity contribution in [2.75, 3.05) is 0 Å². The SMILES string of the molecule is [C-]#[N+][C@@H]1[C@@H]2O[C@@H]([C@H]3C(=O)C(c4c(C)cc(C)cc4C)=C(O)[C@@H]23)[C@@H]1c1ccc(C)nc1. The van der Waals surface area contributed by atoms with E-state index in [1.54, 1.807) is 6.20 Å². The van der Waals surface area contributed by atoms with Gasteiger partial charge in [0.15, 0.2) is 5.78 Å². The number of ether oxygens (including phenoxy) is 1. The molecule has 0 amide bonds. The first-order valence-electron chi connectivity index (χ1n) is 10.3. The molecule has 2 saturated heterocycles. The Bertz CT molecular complexity index is 1120. The van der Waals surface area contributed by atoms with E-state index in [0.29, 0.717) is 5.57 Å². The number of aliphatic hydroxyl groups excluding tert-OH is 1. The Balaban J connectivity index is 1.60. The number of fused-ring (bicyclic) bond motifs is 5. The molecule has 1 N–H and O–H groups in total. The van der Waals surface area contributed by atoms with Gasteiger partial charge in [0.2, 0.25) is 0 Å². The molecule has 3 heterocycles. The lowest BCUT2D eigenvalue weighted by Crippen LogP contribution is -2.41. The van der Waals surface area contributed by atoms with Crippen LogP contribution in [0.3, 0.4) is 0 Å². The summed E-state index contributed by atoms with van der Waals surface area (Å²) in [6.07, 6.45) is 0.900. The number of hydrogen-bond donors (Lipinski definition) is 1. The maximum atomic E-state index is 13.6. The van der Waals surface area contributed by atoms with Crippen LogP contribution in [0.25, 0.3) is 10.4 Å². The molecule has 5 nitrogen and oxygen atoms in total. The van der Waals surface area contributed by atoms with E-state index >= 15 is 0 Å². The van der Waals surface area contributed by atoms with Crippen LogP contribution in [0.15, 0.2) is 36.2 Å². The zero-order valence-corrected chi connectivity index (χ0v) is 17.5. The summed E-state index contributed by atoms with van der Waals surface area (Å²) in [4.78, 5) is 21.9. The van der Waals surface area contributed by atoms with Crippen LogP contribution in [-0.2, 0) is 9.53 Å². The van der Waals surface area contributed by atoms with E-state index in [1.165, 1.54) is 0 Å². The van der Waals surface area contributed by atoms with Crippen LogP contribution < -0.4 is 0 Å². The van der Waals surface area contributed by atoms with E-state index in [2.05, 4.69) is 9.83 Å². The molecule has 2 aromatic rings. The number of Topliss-reactive ketones (excluding diaryl/α,β-unsaturated/α-hetero) is 1. The second kappa shape index (κ2) is 6.52. The maximum Gasteiger partial charge on any atom is 0.259 e. The minimum atomic E-state index is -0.476. The third-order valence-electron chi connectivity index (χ3n) is 6.98. The number of aliphatic hydroxyl groups is 1. The van der Waals surface area contributed by atoms with E-state index < -0.39 is 30.1 Å². The standard InChI is InChI=1S/C25H24N2O3/c1-11-8-12(2)16(13(3)9-11)18-22(28)19-20(23(18)29)25-21(26-5)17(24(19)30-25)15-7-6-14(4)27-10-15/h6-10,17,19-21,24-25,29H,1-4H3/t17-,19-,20+,21+,24-,25-/m1/s1. The van der Waals surface area contributed by atoms with E-state index in [1.807, 2.05) is 52.0 Å². The molecular formula is C25H24N2O3. The van der Waals surface area contributed by atoms with Crippen LogP contribution in [0, 0.1) is 46.1 Å². The van der Waals surface area contributed by atoms with E-state index in [0.717, 1.165) is 33.5 Å². The van der Waals surface area contributed by atoms with Crippen molar-refractivity contribution < 1.29 is 14.6 Å². The van der Waals surface area contributed by atoms with Crippen LogP contribution in [-0.4, -0.2) is 34.1 Å². The zero-order chi connectivity index (χ0) is 21.3. The Morgan fingerprint density at radius 2 is 1.73 bits per heavy atom. The molecule has 5 heteroatoms. The molecular weight excluding hydrogens is 376 g/mol. The highest BCUT2D eigenvalue weighted by Crippen LogP contribution is 2.59. The normalized spacial score (nSPS) is 31.9. The smallest absolute Gasteiger partial charge is 0.259 e. The predicted molar refractivity (Wildman–Crippen MR) is 113 cm³/mol. The Morgan fingerprint density at radius 3 is 2.33 bits per heavy atom. The number of carbonyl (C=O) groups excluding carboxylic acids is 1. The minimum Gasteiger partial charge on any atom is -0.511 e. The van der Waals surface area contributed by atoms with Gasteiger partial charge in [-0.15, -0.1) is 0 Å². The van der Waals surface area contributed by atoms with Crippen molar-refractivity contribution >= 4 is 11.4 Å². The van der Waals surface area contributed by atoms with Gasteiger partial charge in [-0.05, 0) is 56.0 Å². The molecule has 152 valence electrons. The molecule has 1 aromatic heterocycles. The number of nitrogens with zero attached hydrogens (tertiary/aromatic N) is 2. The number of ketones is 1. The van der Waals surface area contributed by atoms with Crippen molar-refractivity contribution in [2.45, 2.75) is 51.9 Å². The lowest BCUT2D eigenvalue weighted by molar-refractivity contribution is -0.118. The largest absolute Gasteiger partial charge is 0.511 e. The van der Waals surface area contributed by atoms with Gasteiger partial charge in [0, 0.05) is 11.9 Å². The van der Waals surface area contributed by atoms with Crippen LogP contribution >= 0.6 is 0 Å². The van der Waals surface area contributed by atoms with Gasteiger partial charge in [-0.2, -0.15) is 0 Å². The first kappa shape index (κ1) is 19.0. The Kier molecular flexibility index (Phi) is 4.13. The van der Waals surface area contributed by atoms with Gasteiger partial charge in [0.05, 0.1) is 29.4 Å². The molecule has 30 heavy (non-hydrogen) atoms. The molecule has 0 saturated carbocycles. The molecule has 6 atom stereocenters. The number of carbonyl (C=O) groups is 1. The minimum absolute atomic E-state index is 0.0615. The molecule has 0 unspecified atom stereocenters. The van der Waals surface area contributed by atoms with Crippen LogP contribution in [0.1, 0.15) is 39.4 Å². The predicted octanol–water partition coefficient (Wildman–Crippen LogP) is 4.25. The molecule has 1 aromatic carbocycles. The Hall–Kier alpha value is -2.97. The van der Waals surface area contributed by atoms with Crippen molar-refractivity contribution in [1.29, 1.82) is 0 Å². The number of aromatic nitrogens is 1. The van der Waals surface area contributed by atoms with Crippen molar-refractivity contribution in [3.63, 3.8) is 0 Å². The number of rotatable bonds is 2. The molecule has 2 aliphatic heterocycles. The lowest BCUT2D eigenvalue weighted by atomic mass is 9.70. The first-order valence-corrected chi connectivity index (χ1v) is 10.3. The summed E-state index contributed by atoms with van der Waals surface area (Å²) >= 11 is 0. The highest BCUT2D eigenvalue weighted by atomic mass is 16.5. The van der Waals surface area contributed by atoms with Crippen molar-refractivity contribution in [2.24, 2.45) is 11.8 Å². The quantitative estimate of drug-likeness (QED) is 0.766. The van der Waals surface area contributed by atoms with Gasteiger partial charge in [-0.3, -0.25) is 9.78 Å². The monoisotopic (exact) mass is 400 g/mol. The highest BCUT2D eigenvalue weighted by molar-refractivity contribution is 6.26. The number of pyridine rings is 1. The van der Waals surface area contributed by atoms with Gasteiger partial charge < -0.3 is 14.7 Å². The fraction of sp³-hybridized carbons (Fsp3) is 0.400. The summed E-state index contributed by atoms with van der Waals surface area (Å²) in [5.74, 6) is -1.06. The van der Waals surface area contributed by atoms with Crippen molar-refractivity contribution in [1.82, 2.24) is 4.98 Å². The van der Waals surface area contributed by atoms with E-state index in [4.69, 9.17) is 11.3 Å². The van der Waals surface area contributed by atoms with Gasteiger partial charge in [0.1, 0.15) is 11.9 Å². The topological polar surface area (TPSA) is 63.8 Å². The molecule has 2 bridgehead atoms. The molecule has 3 aliphatic rings. The summed E-state index contributed by atoms with van der Waals surface area (Å²) in [7, 11) is 0. The average molecular weight is 400 g/mol. The van der Waals surface area contributed by atoms with Crippen LogP contribution in [0.4, 0.5) is 0 Å². The maximum absolute atomic E-state index is 13.6. The first-order chi connectivity index (χ1) is 14.3. The average Bonchev–Trinajstić information content (AvgIpc) is 3.33. The fourth-order valence-corrected chi connectivity index (χ4v) is 5.90. The second-order valence-corrected chi connectivity index (χ2v) is 8.89. The number of aryl methyl sites for hydroxylation is 4. The third kappa shape index (κ3) is 2.44. The fourth-order valence-electron chi connectivity index (χ4n) is 5.90. The Labute approximate surface area is 176 Å². The summed E-state index contributed by atoms with van der Waals surface area (Å²) in [5, 5.41) is 11.2. The summed E-state index contributed by atoms with van der Waals surface area (Å²) in [6.45, 7) is 15.7. The molecule has 2 fully saturated rings. The van der Waals surface area contributed by atoms with Crippen molar-refractivity contribution in [3.8, 4) is 0 Å². The highest BCUT2D eigenvalue weighted by Gasteiger charge is 2.69. The third-order valence-corrected chi connectivity index (χ3v) is 6.98. The van der Waals surface area contributed by atoms with Gasteiger partial charge in [-0.1, -0.05) is 23.8 Å². The Morgan fingerprint density at radius 1 is 1.03 bits per heavy atom. The number of benzene rings is 1. The molecule has 1 aliphatic carbocycles. The zero-order valence-electron chi connectivity index (χ0n) is 17.5. The van der Waals surface area contributed by atoms with E-state index in [9.17, 15) is 9.90 Å². The van der Waals surface area contributed by atoms with E-state index in [-0.39, 0.29) is 17.5 Å². The molecule has 5 rings (SSSR count). The summed E-state index contributed by atoms with van der Waals surface area (Å²) < 4.78 is 6.19. The summed E-state index contributed by atoms with van der Waals surface area (Å²) in [5.41, 5.74) is 6.17. The van der Waals surface area contributed by atoms with Crippen molar-refractivity contribution in [3.05, 3.63) is 81.1 Å². The summed E-state index contributed by atoms with van der Waals surface area (Å²) in [6, 6.07) is 7.55. The van der Waals surface area contributed by atoms with Crippen LogP contribution in [0.5, 0.6) is 0 Å². The number of allylic oxidation sites excluding steroid dienone is 1. The van der Waals surface area contributed by atoms with Gasteiger partial charge in [0.25, 0.3) is 6.04 Å². The van der Waals surface area contributed by atoms with Gasteiger partial charge >= 0.3 is 0 Å². The van der Waals surface area contributed by atoms with Gasteiger partial charge in [-0.25, -0.2) is 6.57 Å². The number of hydrogen-bond acceptors (Lipinski definition) is 4.